The number of benzene rings is 1. The zero-order valence-corrected chi connectivity index (χ0v) is 19.6. The van der Waals surface area contributed by atoms with Crippen LogP contribution in [-0.2, 0) is 4.74 Å². The van der Waals surface area contributed by atoms with Crippen LogP contribution < -0.4 is 26.4 Å². The largest absolute Gasteiger partial charge is 0.378 e. The number of hydrogen-bond acceptors (Lipinski definition) is 7. The number of nitrogens with zero attached hydrogens (tertiary/aromatic N) is 3. The number of hydrogen-bond donors (Lipinski definition) is 4. The number of anilines is 1. The van der Waals surface area contributed by atoms with Gasteiger partial charge in [0.2, 0.25) is 0 Å². The van der Waals surface area contributed by atoms with Crippen molar-refractivity contribution in [2.24, 2.45) is 10.9 Å². The van der Waals surface area contributed by atoms with Crippen LogP contribution in [0.4, 0.5) is 10.2 Å². The number of hydrazine groups is 1. The normalized spacial score (nSPS) is 21.1. The van der Waals surface area contributed by atoms with Gasteiger partial charge >= 0.3 is 0 Å². The second kappa shape index (κ2) is 11.4. The van der Waals surface area contributed by atoms with E-state index in [1.807, 2.05) is 6.07 Å². The van der Waals surface area contributed by atoms with E-state index in [4.69, 9.17) is 4.74 Å². The minimum Gasteiger partial charge on any atom is -0.378 e. The van der Waals surface area contributed by atoms with Crippen LogP contribution in [0.3, 0.4) is 0 Å². The Kier molecular flexibility index (Phi) is 8.04. The Balaban J connectivity index is 1.37. The summed E-state index contributed by atoms with van der Waals surface area (Å²) in [4.78, 5) is 24.1. The van der Waals surface area contributed by atoms with Gasteiger partial charge in [0, 0.05) is 38.3 Å². The second-order valence-electron chi connectivity index (χ2n) is 8.87. The highest BCUT2D eigenvalue weighted by Gasteiger charge is 2.26. The quantitative estimate of drug-likeness (QED) is 0.379. The predicted octanol–water partition coefficient (Wildman–Crippen LogP) is 1.95. The first-order chi connectivity index (χ1) is 16.5. The summed E-state index contributed by atoms with van der Waals surface area (Å²) in [6.45, 7) is 7.63. The zero-order chi connectivity index (χ0) is 23.9. The SMILES string of the molecule is CC(C)CN=C(NC(=O)c1ccc(N2CCOCC2)nc1)NC1CC(c2ccc(F)cc2)NN1. The van der Waals surface area contributed by atoms with Crippen LogP contribution in [0, 0.1) is 11.7 Å². The predicted molar refractivity (Wildman–Crippen MR) is 129 cm³/mol. The summed E-state index contributed by atoms with van der Waals surface area (Å²) in [6.07, 6.45) is 2.11. The number of halogens is 1. The lowest BCUT2D eigenvalue weighted by molar-refractivity contribution is 0.0975. The average Bonchev–Trinajstić information content (AvgIpc) is 3.32. The van der Waals surface area contributed by atoms with Crippen LogP contribution in [0.25, 0.3) is 0 Å². The van der Waals surface area contributed by atoms with Crippen molar-refractivity contribution >= 4 is 17.7 Å². The van der Waals surface area contributed by atoms with Crippen LogP contribution in [0.5, 0.6) is 0 Å². The van der Waals surface area contributed by atoms with Gasteiger partial charge < -0.3 is 15.0 Å². The highest BCUT2D eigenvalue weighted by atomic mass is 19.1. The van der Waals surface area contributed by atoms with Crippen molar-refractivity contribution in [3.05, 3.63) is 59.5 Å². The second-order valence-corrected chi connectivity index (χ2v) is 8.87. The third kappa shape index (κ3) is 6.49. The highest BCUT2D eigenvalue weighted by molar-refractivity contribution is 6.05. The van der Waals surface area contributed by atoms with E-state index in [1.54, 1.807) is 24.4 Å². The van der Waals surface area contributed by atoms with Crippen molar-refractivity contribution in [1.29, 1.82) is 0 Å². The molecule has 2 aliphatic heterocycles. The molecule has 4 rings (SSSR count). The number of aliphatic imine (C=N–C) groups is 1. The molecule has 0 spiro atoms. The lowest BCUT2D eigenvalue weighted by Crippen LogP contribution is -2.50. The number of nitrogens with one attached hydrogen (secondary N) is 4. The minimum absolute atomic E-state index is 0.0112. The summed E-state index contributed by atoms with van der Waals surface area (Å²) in [7, 11) is 0. The Morgan fingerprint density at radius 1 is 1.21 bits per heavy atom. The number of rotatable bonds is 6. The monoisotopic (exact) mass is 469 g/mol. The summed E-state index contributed by atoms with van der Waals surface area (Å²) in [5.74, 6) is 1.03. The van der Waals surface area contributed by atoms with E-state index in [0.717, 1.165) is 24.5 Å². The fraction of sp³-hybridized carbons (Fsp3) is 0.458. The number of morpholine rings is 1. The van der Waals surface area contributed by atoms with E-state index in [-0.39, 0.29) is 23.9 Å². The van der Waals surface area contributed by atoms with Gasteiger partial charge in [-0.05, 0) is 35.7 Å². The van der Waals surface area contributed by atoms with Crippen LogP contribution in [0.1, 0.15) is 42.2 Å². The van der Waals surface area contributed by atoms with Gasteiger partial charge in [0.1, 0.15) is 11.6 Å². The number of carbonyl (C=O) groups is 1. The van der Waals surface area contributed by atoms with Gasteiger partial charge in [0.25, 0.3) is 5.91 Å². The van der Waals surface area contributed by atoms with Crippen molar-refractivity contribution in [2.45, 2.75) is 32.5 Å². The smallest absolute Gasteiger partial charge is 0.259 e. The minimum atomic E-state index is -0.280. The lowest BCUT2D eigenvalue weighted by atomic mass is 10.0. The molecule has 1 amide bonds. The van der Waals surface area contributed by atoms with E-state index >= 15 is 0 Å². The van der Waals surface area contributed by atoms with Crippen molar-refractivity contribution < 1.29 is 13.9 Å². The molecule has 182 valence electrons. The van der Waals surface area contributed by atoms with Gasteiger partial charge in [-0.25, -0.2) is 20.2 Å². The molecule has 1 aromatic heterocycles. The Bertz CT molecular complexity index is 976. The average molecular weight is 470 g/mol. The van der Waals surface area contributed by atoms with E-state index in [0.29, 0.717) is 43.6 Å². The molecule has 10 heteroatoms. The number of amides is 1. The first-order valence-corrected chi connectivity index (χ1v) is 11.7. The number of ether oxygens (including phenoxy) is 1. The third-order valence-corrected chi connectivity index (χ3v) is 5.68. The number of aromatic nitrogens is 1. The molecule has 4 N–H and O–H groups in total. The van der Waals surface area contributed by atoms with Crippen LogP contribution >= 0.6 is 0 Å². The molecule has 0 radical (unpaired) electrons. The lowest BCUT2D eigenvalue weighted by Gasteiger charge is -2.27. The molecule has 2 fully saturated rings. The Hall–Kier alpha value is -3.08. The number of carbonyl (C=O) groups excluding carboxylic acids is 1. The first-order valence-electron chi connectivity index (χ1n) is 11.7. The van der Waals surface area contributed by atoms with Crippen molar-refractivity contribution in [2.75, 3.05) is 37.7 Å². The topological polar surface area (TPSA) is 103 Å². The summed E-state index contributed by atoms with van der Waals surface area (Å²) in [5, 5.41) is 6.16. The van der Waals surface area contributed by atoms with Gasteiger partial charge in [-0.1, -0.05) is 26.0 Å². The van der Waals surface area contributed by atoms with Crippen LogP contribution in [-0.4, -0.2) is 55.9 Å². The molecule has 0 saturated carbocycles. The van der Waals surface area contributed by atoms with Gasteiger partial charge in [-0.15, -0.1) is 0 Å². The summed E-state index contributed by atoms with van der Waals surface area (Å²) in [6, 6.07) is 10.1. The molecule has 2 unspecified atom stereocenters. The fourth-order valence-electron chi connectivity index (χ4n) is 3.80. The third-order valence-electron chi connectivity index (χ3n) is 5.68. The fourth-order valence-corrected chi connectivity index (χ4v) is 3.80. The Morgan fingerprint density at radius 2 is 1.97 bits per heavy atom. The van der Waals surface area contributed by atoms with E-state index in [2.05, 4.69) is 50.2 Å². The Morgan fingerprint density at radius 3 is 2.65 bits per heavy atom. The molecule has 2 aliphatic rings. The molecular weight excluding hydrogens is 437 g/mol. The molecule has 34 heavy (non-hydrogen) atoms. The van der Waals surface area contributed by atoms with Gasteiger partial charge in [0.15, 0.2) is 5.96 Å². The number of pyridine rings is 1. The molecular formula is C24H32FN7O2. The molecule has 0 aliphatic carbocycles. The molecule has 2 saturated heterocycles. The Labute approximate surface area is 199 Å². The molecule has 0 bridgehead atoms. The number of guanidine groups is 1. The van der Waals surface area contributed by atoms with Crippen LogP contribution in [0.15, 0.2) is 47.6 Å². The van der Waals surface area contributed by atoms with E-state index < -0.39 is 0 Å². The highest BCUT2D eigenvalue weighted by Crippen LogP contribution is 2.21. The first kappa shape index (κ1) is 24.1. The molecule has 3 heterocycles. The van der Waals surface area contributed by atoms with Gasteiger partial charge in [-0.2, -0.15) is 0 Å². The summed E-state index contributed by atoms with van der Waals surface area (Å²) in [5.41, 5.74) is 7.83. The van der Waals surface area contributed by atoms with Crippen molar-refractivity contribution in [1.82, 2.24) is 26.5 Å². The molecule has 9 nitrogen and oxygen atoms in total. The van der Waals surface area contributed by atoms with E-state index in [1.165, 1.54) is 12.1 Å². The molecule has 1 aromatic carbocycles. The van der Waals surface area contributed by atoms with Crippen molar-refractivity contribution in [3.63, 3.8) is 0 Å². The maximum absolute atomic E-state index is 13.2. The maximum atomic E-state index is 13.2. The van der Waals surface area contributed by atoms with Crippen molar-refractivity contribution in [3.8, 4) is 0 Å². The van der Waals surface area contributed by atoms with E-state index in [9.17, 15) is 9.18 Å². The summed E-state index contributed by atoms with van der Waals surface area (Å²) < 4.78 is 18.6. The molecule has 2 atom stereocenters. The zero-order valence-electron chi connectivity index (χ0n) is 19.6. The molecule has 2 aromatic rings. The van der Waals surface area contributed by atoms with Gasteiger partial charge in [-0.3, -0.25) is 15.1 Å². The van der Waals surface area contributed by atoms with Gasteiger partial charge in [0.05, 0.1) is 24.9 Å². The summed E-state index contributed by atoms with van der Waals surface area (Å²) >= 11 is 0. The van der Waals surface area contributed by atoms with Crippen LogP contribution in [0.2, 0.25) is 0 Å². The standard InChI is InChI=1S/C24H32FN7O2/c1-16(2)14-27-24(28-21-13-20(30-31-21)17-3-6-19(25)7-4-17)29-23(33)18-5-8-22(26-15-18)32-9-11-34-12-10-32/h3-8,15-16,20-21,30-31H,9-14H2,1-2H3,(H2,27,28,29,33). The maximum Gasteiger partial charge on any atom is 0.259 e.